The van der Waals surface area contributed by atoms with Crippen LogP contribution in [0.1, 0.15) is 5.56 Å². The maximum atomic E-state index is 11.2. The van der Waals surface area contributed by atoms with Crippen molar-refractivity contribution in [3.8, 4) is 0 Å². The molecule has 1 aromatic rings. The molecule has 0 spiro atoms. The third kappa shape index (κ3) is 2.21. The zero-order valence-corrected chi connectivity index (χ0v) is 9.23. The predicted octanol–water partition coefficient (Wildman–Crippen LogP) is -0.0134. The molecule has 0 bridgehead atoms. The van der Waals surface area contributed by atoms with Gasteiger partial charge in [0.25, 0.3) is 5.69 Å². The van der Waals surface area contributed by atoms with Crippen molar-refractivity contribution in [2.75, 3.05) is 17.2 Å². The lowest BCUT2D eigenvalue weighted by Crippen LogP contribution is -2.22. The van der Waals surface area contributed by atoms with Crippen LogP contribution in [-0.2, 0) is 16.0 Å². The van der Waals surface area contributed by atoms with Crippen molar-refractivity contribution in [2.24, 2.45) is 5.73 Å². The fraction of sp³-hybridized carbons (Fsp3) is 0.200. The Labute approximate surface area is 101 Å². The van der Waals surface area contributed by atoms with Gasteiger partial charge in [0.1, 0.15) is 5.69 Å². The summed E-state index contributed by atoms with van der Waals surface area (Å²) in [6, 6.07) is 2.75. The third-order valence-electron chi connectivity index (χ3n) is 2.50. The first-order valence-corrected chi connectivity index (χ1v) is 5.10. The van der Waals surface area contributed by atoms with Gasteiger partial charge in [0.2, 0.25) is 11.8 Å². The van der Waals surface area contributed by atoms with Gasteiger partial charge in [0.15, 0.2) is 0 Å². The number of carbonyl (C=O) groups excluding carboxylic acids is 2. The molecule has 8 nitrogen and oxygen atoms in total. The molecule has 1 aliphatic heterocycles. The van der Waals surface area contributed by atoms with Crippen LogP contribution >= 0.6 is 0 Å². The molecule has 1 aliphatic rings. The lowest BCUT2D eigenvalue weighted by molar-refractivity contribution is -0.384. The van der Waals surface area contributed by atoms with Gasteiger partial charge < -0.3 is 16.4 Å². The minimum atomic E-state index is -0.631. The summed E-state index contributed by atoms with van der Waals surface area (Å²) in [5.41, 5.74) is 6.00. The zero-order valence-electron chi connectivity index (χ0n) is 9.23. The maximum Gasteiger partial charge on any atom is 0.292 e. The predicted molar refractivity (Wildman–Crippen MR) is 63.1 cm³/mol. The van der Waals surface area contributed by atoms with E-state index in [4.69, 9.17) is 5.73 Å². The Bertz CT molecular complexity index is 555. The van der Waals surface area contributed by atoms with Crippen LogP contribution in [-0.4, -0.2) is 23.3 Å². The highest BCUT2D eigenvalue weighted by atomic mass is 16.6. The standard InChI is InChI=1S/C10H10N4O4/c11-9(15)4-12-7-3-6-5(2-10(16)13-6)1-8(7)14(17)18/h1,3,12H,2,4H2,(H2,11,15)(H,13,16). The van der Waals surface area contributed by atoms with E-state index in [-0.39, 0.29) is 30.2 Å². The smallest absolute Gasteiger partial charge is 0.292 e. The summed E-state index contributed by atoms with van der Waals surface area (Å²) in [5.74, 6) is -0.847. The number of nitro groups is 1. The van der Waals surface area contributed by atoms with Crippen LogP contribution in [0.4, 0.5) is 17.1 Å². The summed E-state index contributed by atoms with van der Waals surface area (Å²) in [7, 11) is 0. The van der Waals surface area contributed by atoms with E-state index in [9.17, 15) is 19.7 Å². The van der Waals surface area contributed by atoms with E-state index in [0.717, 1.165) is 0 Å². The largest absolute Gasteiger partial charge is 0.370 e. The molecule has 0 unspecified atom stereocenters. The maximum absolute atomic E-state index is 11.2. The fourth-order valence-corrected chi connectivity index (χ4v) is 1.74. The first-order chi connectivity index (χ1) is 8.47. The Morgan fingerprint density at radius 2 is 2.28 bits per heavy atom. The molecule has 1 aromatic carbocycles. The number of primary amides is 1. The van der Waals surface area contributed by atoms with E-state index in [0.29, 0.717) is 11.3 Å². The number of fused-ring (bicyclic) bond motifs is 1. The minimum Gasteiger partial charge on any atom is -0.370 e. The number of nitrogens with two attached hydrogens (primary N) is 1. The Morgan fingerprint density at radius 3 is 2.89 bits per heavy atom. The lowest BCUT2D eigenvalue weighted by Gasteiger charge is -2.07. The molecular formula is C10H10N4O4. The highest BCUT2D eigenvalue weighted by molar-refractivity contribution is 6.00. The van der Waals surface area contributed by atoms with Gasteiger partial charge in [-0.2, -0.15) is 0 Å². The van der Waals surface area contributed by atoms with E-state index in [1.54, 1.807) is 0 Å². The molecule has 1 heterocycles. The zero-order chi connectivity index (χ0) is 13.3. The molecule has 0 saturated heterocycles. The Kier molecular flexibility index (Phi) is 2.84. The molecule has 8 heteroatoms. The van der Waals surface area contributed by atoms with Crippen LogP contribution < -0.4 is 16.4 Å². The van der Waals surface area contributed by atoms with Gasteiger partial charge in [0.05, 0.1) is 17.9 Å². The van der Waals surface area contributed by atoms with Crippen LogP contribution in [0.3, 0.4) is 0 Å². The monoisotopic (exact) mass is 250 g/mol. The number of anilines is 2. The quantitative estimate of drug-likeness (QED) is 0.511. The number of rotatable bonds is 4. The van der Waals surface area contributed by atoms with Crippen molar-refractivity contribution in [1.29, 1.82) is 0 Å². The average molecular weight is 250 g/mol. The second kappa shape index (κ2) is 4.32. The van der Waals surface area contributed by atoms with E-state index in [2.05, 4.69) is 10.6 Å². The minimum absolute atomic E-state index is 0.117. The van der Waals surface area contributed by atoms with Crippen LogP contribution in [0.15, 0.2) is 12.1 Å². The van der Waals surface area contributed by atoms with Crippen molar-refractivity contribution < 1.29 is 14.5 Å². The van der Waals surface area contributed by atoms with Gasteiger partial charge in [0, 0.05) is 11.8 Å². The molecule has 0 atom stereocenters. The van der Waals surface area contributed by atoms with Gasteiger partial charge in [-0.05, 0) is 11.6 Å². The van der Waals surface area contributed by atoms with Crippen LogP contribution in [0.25, 0.3) is 0 Å². The molecule has 0 saturated carbocycles. The highest BCUT2D eigenvalue weighted by Gasteiger charge is 2.24. The fourth-order valence-electron chi connectivity index (χ4n) is 1.74. The summed E-state index contributed by atoms with van der Waals surface area (Å²) in [6.45, 7) is -0.215. The van der Waals surface area contributed by atoms with Crippen molar-refractivity contribution >= 4 is 28.9 Å². The van der Waals surface area contributed by atoms with Gasteiger partial charge in [-0.1, -0.05) is 0 Å². The summed E-state index contributed by atoms with van der Waals surface area (Å²) in [4.78, 5) is 32.2. The summed E-state index contributed by atoms with van der Waals surface area (Å²) < 4.78 is 0. The third-order valence-corrected chi connectivity index (χ3v) is 2.50. The van der Waals surface area contributed by atoms with Crippen molar-refractivity contribution in [1.82, 2.24) is 0 Å². The molecule has 0 aliphatic carbocycles. The molecule has 0 fully saturated rings. The molecule has 94 valence electrons. The number of amides is 2. The molecular weight excluding hydrogens is 240 g/mol. The summed E-state index contributed by atoms with van der Waals surface area (Å²) >= 11 is 0. The van der Waals surface area contributed by atoms with Gasteiger partial charge in [-0.25, -0.2) is 0 Å². The Morgan fingerprint density at radius 1 is 1.56 bits per heavy atom. The Hall–Kier alpha value is -2.64. The SMILES string of the molecule is NC(=O)CNc1cc2c(cc1[N+](=O)[O-])CC(=O)N2. The van der Waals surface area contributed by atoms with Crippen LogP contribution in [0.2, 0.25) is 0 Å². The number of hydrogen-bond acceptors (Lipinski definition) is 5. The summed E-state index contributed by atoms with van der Waals surface area (Å²) in [5, 5.41) is 16.0. The number of nitrogens with one attached hydrogen (secondary N) is 2. The van der Waals surface area contributed by atoms with E-state index in [1.807, 2.05) is 0 Å². The van der Waals surface area contributed by atoms with E-state index in [1.165, 1.54) is 12.1 Å². The van der Waals surface area contributed by atoms with E-state index < -0.39 is 10.8 Å². The van der Waals surface area contributed by atoms with Crippen LogP contribution in [0.5, 0.6) is 0 Å². The number of nitrogens with zero attached hydrogens (tertiary/aromatic N) is 1. The number of nitro benzene ring substituents is 1. The number of carbonyl (C=O) groups is 2. The molecule has 18 heavy (non-hydrogen) atoms. The first-order valence-electron chi connectivity index (χ1n) is 5.10. The first kappa shape index (κ1) is 11.8. The lowest BCUT2D eigenvalue weighted by atomic mass is 10.1. The topological polar surface area (TPSA) is 127 Å². The van der Waals surface area contributed by atoms with Crippen molar-refractivity contribution in [2.45, 2.75) is 6.42 Å². The molecule has 4 N–H and O–H groups in total. The molecule has 2 amide bonds. The van der Waals surface area contributed by atoms with E-state index >= 15 is 0 Å². The van der Waals surface area contributed by atoms with Gasteiger partial charge >= 0.3 is 0 Å². The highest BCUT2D eigenvalue weighted by Crippen LogP contribution is 2.34. The van der Waals surface area contributed by atoms with Crippen LogP contribution in [0, 0.1) is 10.1 Å². The normalized spacial score (nSPS) is 12.8. The number of benzene rings is 1. The van der Waals surface area contributed by atoms with Crippen molar-refractivity contribution in [3.63, 3.8) is 0 Å². The molecule has 0 aromatic heterocycles. The molecule has 0 radical (unpaired) electrons. The van der Waals surface area contributed by atoms with Gasteiger partial charge in [-0.15, -0.1) is 0 Å². The second-order valence-electron chi connectivity index (χ2n) is 3.83. The van der Waals surface area contributed by atoms with Crippen molar-refractivity contribution in [3.05, 3.63) is 27.8 Å². The Balaban J connectivity index is 2.38. The summed E-state index contributed by atoms with van der Waals surface area (Å²) in [6.07, 6.45) is 0.117. The molecule has 2 rings (SSSR count). The van der Waals surface area contributed by atoms with Gasteiger partial charge in [-0.3, -0.25) is 19.7 Å². The second-order valence-corrected chi connectivity index (χ2v) is 3.83. The average Bonchev–Trinajstić information content (AvgIpc) is 2.63. The number of hydrogen-bond donors (Lipinski definition) is 3.